The summed E-state index contributed by atoms with van der Waals surface area (Å²) in [6, 6.07) is 6.41. The molecule has 2 aromatic rings. The van der Waals surface area contributed by atoms with Gasteiger partial charge in [-0.2, -0.15) is 10.4 Å². The number of hydrogen-bond acceptors (Lipinski definition) is 5. The Morgan fingerprint density at radius 1 is 1.48 bits per heavy atom. The van der Waals surface area contributed by atoms with Gasteiger partial charge in [0.15, 0.2) is 0 Å². The normalized spacial score (nSPS) is 10.0. The van der Waals surface area contributed by atoms with Gasteiger partial charge < -0.3 is 14.6 Å². The van der Waals surface area contributed by atoms with E-state index in [0.717, 1.165) is 0 Å². The summed E-state index contributed by atoms with van der Waals surface area (Å²) in [6.45, 7) is 1.68. The molecule has 0 amide bonds. The summed E-state index contributed by atoms with van der Waals surface area (Å²) in [5, 5.41) is 22.5. The van der Waals surface area contributed by atoms with Gasteiger partial charge in [-0.05, 0) is 25.1 Å². The molecule has 0 saturated carbocycles. The highest BCUT2D eigenvalue weighted by Crippen LogP contribution is 2.31. The average molecular weight is 287 g/mol. The van der Waals surface area contributed by atoms with Crippen LogP contribution in [0.2, 0.25) is 0 Å². The maximum absolute atomic E-state index is 11.3. The lowest BCUT2D eigenvalue weighted by molar-refractivity contribution is 0.0693. The number of carbonyl (C=O) groups is 1. The van der Waals surface area contributed by atoms with Crippen molar-refractivity contribution in [1.29, 1.82) is 5.26 Å². The molecule has 1 heterocycles. The van der Waals surface area contributed by atoms with Crippen LogP contribution in [-0.4, -0.2) is 28.0 Å². The predicted octanol–water partition coefficient (Wildman–Crippen LogP) is 2.10. The summed E-state index contributed by atoms with van der Waals surface area (Å²) in [6.07, 6.45) is 0. The molecule has 0 aliphatic rings. The minimum Gasteiger partial charge on any atom is -0.497 e. The van der Waals surface area contributed by atoms with Crippen LogP contribution in [0.3, 0.4) is 0 Å². The predicted molar refractivity (Wildman–Crippen MR) is 72.7 cm³/mol. The van der Waals surface area contributed by atoms with Gasteiger partial charge in [0.05, 0.1) is 12.8 Å². The van der Waals surface area contributed by atoms with Crippen molar-refractivity contribution in [3.63, 3.8) is 0 Å². The number of rotatable bonds is 4. The first kappa shape index (κ1) is 14.4. The van der Waals surface area contributed by atoms with E-state index in [1.165, 1.54) is 23.9 Å². The Morgan fingerprint density at radius 2 is 2.19 bits per heavy atom. The highest BCUT2D eigenvalue weighted by atomic mass is 16.5. The van der Waals surface area contributed by atoms with Crippen LogP contribution < -0.4 is 9.47 Å². The lowest BCUT2D eigenvalue weighted by Gasteiger charge is -2.10. The topological polar surface area (TPSA) is 97.4 Å². The fourth-order valence-corrected chi connectivity index (χ4v) is 1.88. The first-order chi connectivity index (χ1) is 9.97. The molecule has 1 aromatic carbocycles. The van der Waals surface area contributed by atoms with E-state index >= 15 is 0 Å². The van der Waals surface area contributed by atoms with Gasteiger partial charge in [-0.25, -0.2) is 9.48 Å². The van der Waals surface area contributed by atoms with Crippen molar-refractivity contribution >= 4 is 5.97 Å². The number of aryl methyl sites for hydroxylation is 2. The first-order valence-electron chi connectivity index (χ1n) is 6.00. The lowest BCUT2D eigenvalue weighted by Crippen LogP contribution is -2.03. The Hall–Kier alpha value is -3.01. The van der Waals surface area contributed by atoms with Crippen molar-refractivity contribution in [2.24, 2.45) is 7.05 Å². The van der Waals surface area contributed by atoms with Gasteiger partial charge in [-0.1, -0.05) is 0 Å². The number of benzene rings is 1. The zero-order valence-corrected chi connectivity index (χ0v) is 11.7. The summed E-state index contributed by atoms with van der Waals surface area (Å²) < 4.78 is 12.0. The summed E-state index contributed by atoms with van der Waals surface area (Å²) >= 11 is 0. The maximum atomic E-state index is 11.3. The Balaban J connectivity index is 2.50. The van der Waals surface area contributed by atoms with Gasteiger partial charge in [0.2, 0.25) is 5.88 Å². The minimum atomic E-state index is -1.15. The molecule has 0 aliphatic carbocycles. The first-order valence-corrected chi connectivity index (χ1v) is 6.00. The minimum absolute atomic E-state index is 0.0582. The molecule has 0 fully saturated rings. The Morgan fingerprint density at radius 3 is 2.76 bits per heavy atom. The number of nitrogens with zero attached hydrogens (tertiary/aromatic N) is 3. The SMILES string of the molecule is COc1ccc(Oc2c(C#N)c(C)nn2C)c(C(=O)O)c1. The van der Waals surface area contributed by atoms with E-state index in [9.17, 15) is 9.90 Å². The van der Waals surface area contributed by atoms with Gasteiger partial charge in [0.25, 0.3) is 0 Å². The van der Waals surface area contributed by atoms with Crippen LogP contribution in [0.15, 0.2) is 18.2 Å². The molecule has 2 rings (SSSR count). The quantitative estimate of drug-likeness (QED) is 0.924. The van der Waals surface area contributed by atoms with E-state index in [4.69, 9.17) is 14.7 Å². The van der Waals surface area contributed by atoms with Crippen molar-refractivity contribution in [2.45, 2.75) is 6.92 Å². The Labute approximate surface area is 120 Å². The molecule has 1 N–H and O–H groups in total. The van der Waals surface area contributed by atoms with Gasteiger partial charge in [-0.3, -0.25) is 0 Å². The molecule has 7 nitrogen and oxygen atoms in total. The molecule has 21 heavy (non-hydrogen) atoms. The third-order valence-electron chi connectivity index (χ3n) is 2.91. The number of nitriles is 1. The van der Waals surface area contributed by atoms with Gasteiger partial charge in [0.1, 0.15) is 28.7 Å². The molecule has 108 valence electrons. The molecule has 0 aliphatic heterocycles. The van der Waals surface area contributed by atoms with Crippen molar-refractivity contribution < 1.29 is 19.4 Å². The number of hydrogen-bond donors (Lipinski definition) is 1. The van der Waals surface area contributed by atoms with E-state index in [-0.39, 0.29) is 22.8 Å². The molecule has 0 bridgehead atoms. The molecule has 0 saturated heterocycles. The van der Waals surface area contributed by atoms with E-state index in [1.54, 1.807) is 20.0 Å². The van der Waals surface area contributed by atoms with Crippen molar-refractivity contribution in [3.05, 3.63) is 35.0 Å². The number of methoxy groups -OCH3 is 1. The molecule has 1 aromatic heterocycles. The van der Waals surface area contributed by atoms with E-state index < -0.39 is 5.97 Å². The summed E-state index contributed by atoms with van der Waals surface area (Å²) in [5.74, 6) is -0.437. The monoisotopic (exact) mass is 287 g/mol. The van der Waals surface area contributed by atoms with Crippen LogP contribution in [0.4, 0.5) is 0 Å². The Kier molecular flexibility index (Phi) is 3.80. The zero-order valence-electron chi connectivity index (χ0n) is 11.7. The third kappa shape index (κ3) is 2.65. The molecule has 7 heteroatoms. The van der Waals surface area contributed by atoms with Crippen LogP contribution in [0.1, 0.15) is 21.6 Å². The summed E-state index contributed by atoms with van der Waals surface area (Å²) in [4.78, 5) is 11.3. The van der Waals surface area contributed by atoms with E-state index in [0.29, 0.717) is 11.4 Å². The average Bonchev–Trinajstić information content (AvgIpc) is 2.72. The second kappa shape index (κ2) is 5.54. The second-order valence-electron chi connectivity index (χ2n) is 4.27. The van der Waals surface area contributed by atoms with Crippen molar-refractivity contribution in [2.75, 3.05) is 7.11 Å². The number of aromatic carboxylic acids is 1. The van der Waals surface area contributed by atoms with E-state index in [1.807, 2.05) is 6.07 Å². The number of carboxylic acid groups (broad SMARTS) is 1. The highest BCUT2D eigenvalue weighted by molar-refractivity contribution is 5.91. The second-order valence-corrected chi connectivity index (χ2v) is 4.27. The number of carboxylic acids is 1. The van der Waals surface area contributed by atoms with Crippen LogP contribution in [0.5, 0.6) is 17.4 Å². The van der Waals surface area contributed by atoms with Crippen molar-refractivity contribution in [1.82, 2.24) is 9.78 Å². The third-order valence-corrected chi connectivity index (χ3v) is 2.91. The standard InChI is InChI=1S/C14H13N3O4/c1-8-11(7-15)13(17(2)16-8)21-12-5-4-9(20-3)6-10(12)14(18)19/h4-6H,1-3H3,(H,18,19). The van der Waals surface area contributed by atoms with Gasteiger partial charge in [-0.15, -0.1) is 0 Å². The fraction of sp³-hybridized carbons (Fsp3) is 0.214. The maximum Gasteiger partial charge on any atom is 0.339 e. The van der Waals surface area contributed by atoms with E-state index in [2.05, 4.69) is 5.10 Å². The van der Waals surface area contributed by atoms with Crippen molar-refractivity contribution in [3.8, 4) is 23.4 Å². The van der Waals surface area contributed by atoms with Crippen LogP contribution in [0.25, 0.3) is 0 Å². The summed E-state index contributed by atoms with van der Waals surface area (Å²) in [5.41, 5.74) is 0.724. The van der Waals surface area contributed by atoms with Gasteiger partial charge >= 0.3 is 5.97 Å². The number of aromatic nitrogens is 2. The fourth-order valence-electron chi connectivity index (χ4n) is 1.88. The number of ether oxygens (including phenoxy) is 2. The van der Waals surface area contributed by atoms with Crippen LogP contribution in [0, 0.1) is 18.3 Å². The van der Waals surface area contributed by atoms with Crippen LogP contribution >= 0.6 is 0 Å². The molecule has 0 unspecified atom stereocenters. The molecule has 0 spiro atoms. The largest absolute Gasteiger partial charge is 0.497 e. The smallest absolute Gasteiger partial charge is 0.339 e. The molecule has 0 radical (unpaired) electrons. The van der Waals surface area contributed by atoms with Gasteiger partial charge in [0, 0.05) is 7.05 Å². The Bertz CT molecular complexity index is 743. The molecule has 0 atom stereocenters. The molecular weight excluding hydrogens is 274 g/mol. The lowest BCUT2D eigenvalue weighted by atomic mass is 10.2. The zero-order chi connectivity index (χ0) is 15.6. The molecular formula is C14H13N3O4. The van der Waals surface area contributed by atoms with Crippen LogP contribution in [-0.2, 0) is 7.05 Å². The highest BCUT2D eigenvalue weighted by Gasteiger charge is 2.19. The summed E-state index contributed by atoms with van der Waals surface area (Å²) in [7, 11) is 3.06.